The Kier molecular flexibility index (Phi) is 4.28. The SMILES string of the molecule is COc1cc(/C=c2/sc3nc(-c4ccco4)nn3c2=O)cc(OC)c1OC. The molecule has 9 heteroatoms. The smallest absolute Gasteiger partial charge is 0.291 e. The Balaban J connectivity index is 1.83. The number of furan rings is 1. The van der Waals surface area contributed by atoms with Gasteiger partial charge in [0.15, 0.2) is 17.3 Å². The predicted molar refractivity (Wildman–Crippen MR) is 99.7 cm³/mol. The second-order valence-corrected chi connectivity index (χ2v) is 6.49. The number of thiazole rings is 1. The molecule has 0 aliphatic rings. The average Bonchev–Trinajstić information content (AvgIpc) is 3.40. The molecule has 1 aromatic carbocycles. The second kappa shape index (κ2) is 6.76. The number of ether oxygens (including phenoxy) is 3. The molecule has 0 unspecified atom stereocenters. The highest BCUT2D eigenvalue weighted by Crippen LogP contribution is 2.38. The Morgan fingerprint density at radius 2 is 1.89 bits per heavy atom. The molecular formula is C18H15N3O5S. The Labute approximate surface area is 157 Å². The van der Waals surface area contributed by atoms with E-state index in [0.29, 0.717) is 38.3 Å². The van der Waals surface area contributed by atoms with Gasteiger partial charge in [0.05, 0.1) is 32.1 Å². The molecule has 3 aromatic heterocycles. The minimum absolute atomic E-state index is 0.256. The molecule has 0 amide bonds. The lowest BCUT2D eigenvalue weighted by atomic mass is 10.1. The first-order valence-corrected chi connectivity index (χ1v) is 8.71. The van der Waals surface area contributed by atoms with Crippen LogP contribution >= 0.6 is 11.3 Å². The molecule has 0 fully saturated rings. The Morgan fingerprint density at radius 1 is 1.15 bits per heavy atom. The highest BCUT2D eigenvalue weighted by molar-refractivity contribution is 7.15. The van der Waals surface area contributed by atoms with Crippen molar-refractivity contribution < 1.29 is 18.6 Å². The third-order valence-electron chi connectivity index (χ3n) is 3.91. The van der Waals surface area contributed by atoms with Crippen molar-refractivity contribution in [3.05, 3.63) is 51.0 Å². The zero-order valence-electron chi connectivity index (χ0n) is 14.8. The molecule has 0 atom stereocenters. The van der Waals surface area contributed by atoms with Crippen LogP contribution in [0.25, 0.3) is 22.6 Å². The van der Waals surface area contributed by atoms with Crippen LogP contribution in [0.15, 0.2) is 39.7 Å². The van der Waals surface area contributed by atoms with Gasteiger partial charge < -0.3 is 18.6 Å². The molecule has 3 heterocycles. The first kappa shape index (κ1) is 17.1. The van der Waals surface area contributed by atoms with Crippen molar-refractivity contribution in [2.24, 2.45) is 0 Å². The first-order chi connectivity index (χ1) is 13.1. The summed E-state index contributed by atoms with van der Waals surface area (Å²) >= 11 is 1.24. The molecule has 0 spiro atoms. The summed E-state index contributed by atoms with van der Waals surface area (Å²) in [5, 5.41) is 4.23. The second-order valence-electron chi connectivity index (χ2n) is 5.48. The zero-order valence-corrected chi connectivity index (χ0v) is 15.6. The van der Waals surface area contributed by atoms with Crippen molar-refractivity contribution in [2.75, 3.05) is 21.3 Å². The van der Waals surface area contributed by atoms with Crippen LogP contribution in [-0.2, 0) is 0 Å². The van der Waals surface area contributed by atoms with Crippen molar-refractivity contribution in [2.45, 2.75) is 0 Å². The molecule has 138 valence electrons. The van der Waals surface area contributed by atoms with Crippen molar-refractivity contribution in [1.82, 2.24) is 14.6 Å². The van der Waals surface area contributed by atoms with Gasteiger partial charge in [-0.1, -0.05) is 11.3 Å². The van der Waals surface area contributed by atoms with Gasteiger partial charge >= 0.3 is 0 Å². The summed E-state index contributed by atoms with van der Waals surface area (Å²) in [6.07, 6.45) is 3.27. The fourth-order valence-corrected chi connectivity index (χ4v) is 3.59. The first-order valence-electron chi connectivity index (χ1n) is 7.89. The van der Waals surface area contributed by atoms with Gasteiger partial charge in [0.25, 0.3) is 5.56 Å². The van der Waals surface area contributed by atoms with E-state index in [4.69, 9.17) is 18.6 Å². The number of methoxy groups -OCH3 is 3. The summed E-state index contributed by atoms with van der Waals surface area (Å²) in [6, 6.07) is 7.02. The van der Waals surface area contributed by atoms with Crippen LogP contribution < -0.4 is 24.3 Å². The molecular weight excluding hydrogens is 370 g/mol. The Morgan fingerprint density at radius 3 is 2.44 bits per heavy atom. The molecule has 4 aromatic rings. The predicted octanol–water partition coefficient (Wildman–Crippen LogP) is 1.98. The van der Waals surface area contributed by atoms with E-state index in [9.17, 15) is 4.79 Å². The van der Waals surface area contributed by atoms with E-state index in [2.05, 4.69) is 10.1 Å². The normalized spacial score (nSPS) is 11.9. The minimum Gasteiger partial charge on any atom is -0.493 e. The number of hydrogen-bond acceptors (Lipinski definition) is 8. The Bertz CT molecular complexity index is 1190. The summed E-state index contributed by atoms with van der Waals surface area (Å²) in [7, 11) is 4.62. The van der Waals surface area contributed by atoms with Crippen LogP contribution in [0.5, 0.6) is 17.2 Å². The largest absolute Gasteiger partial charge is 0.493 e. The zero-order chi connectivity index (χ0) is 19.0. The lowest BCUT2D eigenvalue weighted by molar-refractivity contribution is 0.324. The van der Waals surface area contributed by atoms with Crippen LogP contribution in [-0.4, -0.2) is 35.9 Å². The summed E-state index contributed by atoms with van der Waals surface area (Å²) in [4.78, 5) is 17.5. The molecule has 0 N–H and O–H groups in total. The lowest BCUT2D eigenvalue weighted by Gasteiger charge is -2.12. The number of fused-ring (bicyclic) bond motifs is 1. The molecule has 0 bridgehead atoms. The molecule has 4 rings (SSSR count). The average molecular weight is 385 g/mol. The molecule has 0 saturated heterocycles. The van der Waals surface area contributed by atoms with Crippen LogP contribution in [0.3, 0.4) is 0 Å². The van der Waals surface area contributed by atoms with E-state index in [-0.39, 0.29) is 5.56 Å². The van der Waals surface area contributed by atoms with Gasteiger partial charge in [-0.05, 0) is 35.9 Å². The summed E-state index contributed by atoms with van der Waals surface area (Å²) in [5.74, 6) is 2.40. The van der Waals surface area contributed by atoms with E-state index >= 15 is 0 Å². The maximum absolute atomic E-state index is 12.7. The summed E-state index contributed by atoms with van der Waals surface area (Å²) in [6.45, 7) is 0. The number of aromatic nitrogens is 3. The van der Waals surface area contributed by atoms with E-state index in [1.54, 1.807) is 44.6 Å². The standard InChI is InChI=1S/C18H15N3O5S/c1-23-12-7-10(8-13(24-2)15(12)25-3)9-14-17(22)21-18(27-14)19-16(20-21)11-5-4-6-26-11/h4-9H,1-3H3/b14-9+. The van der Waals surface area contributed by atoms with Crippen molar-refractivity contribution in [3.63, 3.8) is 0 Å². The van der Waals surface area contributed by atoms with E-state index in [0.717, 1.165) is 5.56 Å². The van der Waals surface area contributed by atoms with Gasteiger partial charge in [-0.15, -0.1) is 5.10 Å². The molecule has 0 aliphatic carbocycles. The van der Waals surface area contributed by atoms with Gasteiger partial charge in [0.1, 0.15) is 0 Å². The van der Waals surface area contributed by atoms with Crippen molar-refractivity contribution >= 4 is 22.4 Å². The lowest BCUT2D eigenvalue weighted by Crippen LogP contribution is -2.23. The molecule has 0 saturated carbocycles. The van der Waals surface area contributed by atoms with Crippen molar-refractivity contribution in [3.8, 4) is 28.8 Å². The van der Waals surface area contributed by atoms with Gasteiger partial charge in [-0.2, -0.15) is 9.50 Å². The van der Waals surface area contributed by atoms with Crippen LogP contribution in [0, 0.1) is 0 Å². The number of rotatable bonds is 5. The van der Waals surface area contributed by atoms with Crippen LogP contribution in [0.1, 0.15) is 5.56 Å². The third-order valence-corrected chi connectivity index (χ3v) is 4.87. The maximum Gasteiger partial charge on any atom is 0.291 e. The monoisotopic (exact) mass is 385 g/mol. The van der Waals surface area contributed by atoms with Gasteiger partial charge in [-0.3, -0.25) is 4.79 Å². The topological polar surface area (TPSA) is 88.1 Å². The number of hydrogen-bond donors (Lipinski definition) is 0. The van der Waals surface area contributed by atoms with Crippen molar-refractivity contribution in [1.29, 1.82) is 0 Å². The van der Waals surface area contributed by atoms with Gasteiger partial charge in [0, 0.05) is 0 Å². The van der Waals surface area contributed by atoms with E-state index < -0.39 is 0 Å². The quantitative estimate of drug-likeness (QED) is 0.519. The summed E-state index contributed by atoms with van der Waals surface area (Å²) < 4.78 is 23.0. The minimum atomic E-state index is -0.256. The fourth-order valence-electron chi connectivity index (χ4n) is 2.68. The van der Waals surface area contributed by atoms with E-state index in [1.165, 1.54) is 29.2 Å². The maximum atomic E-state index is 12.7. The highest BCUT2D eigenvalue weighted by Gasteiger charge is 2.15. The van der Waals surface area contributed by atoms with E-state index in [1.807, 2.05) is 0 Å². The fraction of sp³-hybridized carbons (Fsp3) is 0.167. The highest BCUT2D eigenvalue weighted by atomic mass is 32.1. The molecule has 8 nitrogen and oxygen atoms in total. The molecule has 0 radical (unpaired) electrons. The van der Waals surface area contributed by atoms with Crippen LogP contribution in [0.2, 0.25) is 0 Å². The molecule has 27 heavy (non-hydrogen) atoms. The third kappa shape index (κ3) is 2.91. The van der Waals surface area contributed by atoms with Crippen LogP contribution in [0.4, 0.5) is 0 Å². The summed E-state index contributed by atoms with van der Waals surface area (Å²) in [5.41, 5.74) is 0.478. The van der Waals surface area contributed by atoms with Gasteiger partial charge in [-0.25, -0.2) is 0 Å². The molecule has 0 aliphatic heterocycles. The Hall–Kier alpha value is -3.33. The number of benzene rings is 1. The number of nitrogens with zero attached hydrogens (tertiary/aromatic N) is 3. The van der Waals surface area contributed by atoms with Gasteiger partial charge in [0.2, 0.25) is 16.5 Å².